The van der Waals surface area contributed by atoms with Crippen LogP contribution in [0, 0.1) is 11.7 Å². The lowest BCUT2D eigenvalue weighted by atomic mass is 9.94. The molecule has 0 bridgehead atoms. The average Bonchev–Trinajstić information content (AvgIpc) is 2.14. The SMILES string of the molecule is CC(C)C[C@@H](N)c1cc(F)ccc1C(F)(F)F. The van der Waals surface area contributed by atoms with E-state index in [0.717, 1.165) is 18.2 Å². The Morgan fingerprint density at radius 1 is 1.24 bits per heavy atom. The van der Waals surface area contributed by atoms with Gasteiger partial charge in [0.25, 0.3) is 0 Å². The van der Waals surface area contributed by atoms with Gasteiger partial charge in [-0.2, -0.15) is 13.2 Å². The lowest BCUT2D eigenvalue weighted by Gasteiger charge is -2.19. The molecule has 0 saturated carbocycles. The van der Waals surface area contributed by atoms with E-state index in [1.54, 1.807) is 0 Å². The predicted octanol–water partition coefficient (Wildman–Crippen LogP) is 3.89. The molecule has 0 aliphatic carbocycles. The van der Waals surface area contributed by atoms with Crippen molar-refractivity contribution < 1.29 is 17.6 Å². The summed E-state index contributed by atoms with van der Waals surface area (Å²) in [7, 11) is 0. The first-order chi connectivity index (χ1) is 7.71. The maximum Gasteiger partial charge on any atom is 0.416 e. The molecule has 1 rings (SSSR count). The minimum atomic E-state index is -4.50. The Labute approximate surface area is 97.6 Å². The largest absolute Gasteiger partial charge is 0.416 e. The lowest BCUT2D eigenvalue weighted by molar-refractivity contribution is -0.138. The van der Waals surface area contributed by atoms with Crippen LogP contribution in [0.4, 0.5) is 17.6 Å². The Balaban J connectivity index is 3.15. The summed E-state index contributed by atoms with van der Waals surface area (Å²) in [5, 5.41) is 0. The summed E-state index contributed by atoms with van der Waals surface area (Å²) in [5.74, 6) is -0.554. The van der Waals surface area contributed by atoms with Crippen LogP contribution in [0.3, 0.4) is 0 Å². The van der Waals surface area contributed by atoms with E-state index in [0.29, 0.717) is 6.42 Å². The highest BCUT2D eigenvalue weighted by Crippen LogP contribution is 2.35. The smallest absolute Gasteiger partial charge is 0.324 e. The van der Waals surface area contributed by atoms with Crippen molar-refractivity contribution in [2.45, 2.75) is 32.5 Å². The molecule has 5 heteroatoms. The zero-order chi connectivity index (χ0) is 13.2. The molecule has 1 atom stereocenters. The van der Waals surface area contributed by atoms with Crippen molar-refractivity contribution in [2.24, 2.45) is 11.7 Å². The van der Waals surface area contributed by atoms with E-state index in [1.165, 1.54) is 0 Å². The first-order valence-electron chi connectivity index (χ1n) is 5.34. The highest BCUT2D eigenvalue weighted by atomic mass is 19.4. The van der Waals surface area contributed by atoms with Crippen LogP contribution in [-0.4, -0.2) is 0 Å². The summed E-state index contributed by atoms with van der Waals surface area (Å²) >= 11 is 0. The van der Waals surface area contributed by atoms with Crippen LogP contribution in [0.15, 0.2) is 18.2 Å². The first-order valence-corrected chi connectivity index (χ1v) is 5.34. The third-order valence-electron chi connectivity index (χ3n) is 2.44. The second-order valence-electron chi connectivity index (χ2n) is 4.47. The molecule has 17 heavy (non-hydrogen) atoms. The topological polar surface area (TPSA) is 26.0 Å². The zero-order valence-corrected chi connectivity index (χ0v) is 9.68. The number of alkyl halides is 3. The van der Waals surface area contributed by atoms with Crippen LogP contribution in [0.25, 0.3) is 0 Å². The fourth-order valence-corrected chi connectivity index (χ4v) is 1.73. The Morgan fingerprint density at radius 3 is 2.29 bits per heavy atom. The standard InChI is InChI=1S/C12H15F4N/c1-7(2)5-11(17)9-6-8(13)3-4-10(9)12(14,15)16/h3-4,6-7,11H,5,17H2,1-2H3/t11-/m1/s1. The molecule has 0 aliphatic heterocycles. The van der Waals surface area contributed by atoms with Crippen LogP contribution in [0.5, 0.6) is 0 Å². The molecule has 0 aliphatic rings. The first kappa shape index (κ1) is 14.0. The second kappa shape index (κ2) is 5.04. The van der Waals surface area contributed by atoms with Crippen molar-refractivity contribution in [1.29, 1.82) is 0 Å². The molecule has 1 aromatic rings. The molecule has 0 aromatic heterocycles. The zero-order valence-electron chi connectivity index (χ0n) is 9.68. The summed E-state index contributed by atoms with van der Waals surface area (Å²) in [6, 6.07) is 1.61. The van der Waals surface area contributed by atoms with Crippen LogP contribution >= 0.6 is 0 Å². The monoisotopic (exact) mass is 249 g/mol. The van der Waals surface area contributed by atoms with Crippen molar-refractivity contribution in [3.05, 3.63) is 35.1 Å². The molecular formula is C12H15F4N. The molecule has 96 valence electrons. The van der Waals surface area contributed by atoms with E-state index >= 15 is 0 Å². The van der Waals surface area contributed by atoms with Gasteiger partial charge in [-0.25, -0.2) is 4.39 Å². The molecule has 1 aromatic carbocycles. The second-order valence-corrected chi connectivity index (χ2v) is 4.47. The molecule has 0 radical (unpaired) electrons. The number of benzene rings is 1. The van der Waals surface area contributed by atoms with Gasteiger partial charge in [-0.3, -0.25) is 0 Å². The van der Waals surface area contributed by atoms with Crippen LogP contribution in [0.1, 0.15) is 37.4 Å². The van der Waals surface area contributed by atoms with E-state index < -0.39 is 23.6 Å². The van der Waals surface area contributed by atoms with Gasteiger partial charge in [-0.1, -0.05) is 13.8 Å². The summed E-state index contributed by atoms with van der Waals surface area (Å²) in [6.07, 6.45) is -4.12. The number of hydrogen-bond acceptors (Lipinski definition) is 1. The molecule has 0 amide bonds. The van der Waals surface area contributed by atoms with Crippen molar-refractivity contribution in [1.82, 2.24) is 0 Å². The quantitative estimate of drug-likeness (QED) is 0.808. The Kier molecular flexibility index (Phi) is 4.14. The number of nitrogens with two attached hydrogens (primary N) is 1. The van der Waals surface area contributed by atoms with Gasteiger partial charge in [0.05, 0.1) is 5.56 Å². The van der Waals surface area contributed by atoms with Gasteiger partial charge >= 0.3 is 6.18 Å². The molecule has 0 spiro atoms. The maximum atomic E-state index is 13.0. The average molecular weight is 249 g/mol. The summed E-state index contributed by atoms with van der Waals surface area (Å²) in [6.45, 7) is 3.71. The van der Waals surface area contributed by atoms with E-state index in [9.17, 15) is 17.6 Å². The van der Waals surface area contributed by atoms with Crippen LogP contribution < -0.4 is 5.73 Å². The molecule has 2 N–H and O–H groups in total. The highest BCUT2D eigenvalue weighted by molar-refractivity contribution is 5.32. The van der Waals surface area contributed by atoms with Gasteiger partial charge < -0.3 is 5.73 Å². The minimum Gasteiger partial charge on any atom is -0.324 e. The van der Waals surface area contributed by atoms with Crippen molar-refractivity contribution >= 4 is 0 Å². The van der Waals surface area contributed by atoms with Gasteiger partial charge in [0.15, 0.2) is 0 Å². The summed E-state index contributed by atoms with van der Waals surface area (Å²) in [5.41, 5.74) is 4.67. The van der Waals surface area contributed by atoms with E-state index in [1.807, 2.05) is 13.8 Å². The normalized spacial score (nSPS) is 14.1. The fraction of sp³-hybridized carbons (Fsp3) is 0.500. The molecular weight excluding hydrogens is 234 g/mol. The number of rotatable bonds is 3. The van der Waals surface area contributed by atoms with Crippen molar-refractivity contribution in [3.63, 3.8) is 0 Å². The van der Waals surface area contributed by atoms with Crippen molar-refractivity contribution in [2.75, 3.05) is 0 Å². The van der Waals surface area contributed by atoms with Gasteiger partial charge in [-0.15, -0.1) is 0 Å². The van der Waals surface area contributed by atoms with E-state index in [-0.39, 0.29) is 11.5 Å². The number of hydrogen-bond donors (Lipinski definition) is 1. The van der Waals surface area contributed by atoms with Crippen LogP contribution in [-0.2, 0) is 6.18 Å². The third kappa shape index (κ3) is 3.70. The molecule has 0 heterocycles. The Hall–Kier alpha value is -1.10. The van der Waals surface area contributed by atoms with Crippen LogP contribution in [0.2, 0.25) is 0 Å². The third-order valence-corrected chi connectivity index (χ3v) is 2.44. The Morgan fingerprint density at radius 2 is 1.82 bits per heavy atom. The van der Waals surface area contributed by atoms with Gasteiger partial charge in [0.1, 0.15) is 5.82 Å². The number of halogens is 4. The van der Waals surface area contributed by atoms with Crippen molar-refractivity contribution in [3.8, 4) is 0 Å². The maximum absolute atomic E-state index is 13.0. The minimum absolute atomic E-state index is 0.148. The van der Waals surface area contributed by atoms with E-state index in [4.69, 9.17) is 5.73 Å². The molecule has 1 nitrogen and oxygen atoms in total. The summed E-state index contributed by atoms with van der Waals surface area (Å²) in [4.78, 5) is 0. The fourth-order valence-electron chi connectivity index (χ4n) is 1.73. The van der Waals surface area contributed by atoms with Gasteiger partial charge in [0, 0.05) is 6.04 Å². The molecule has 0 saturated heterocycles. The predicted molar refractivity (Wildman–Crippen MR) is 57.8 cm³/mol. The van der Waals surface area contributed by atoms with Gasteiger partial charge in [0.2, 0.25) is 0 Å². The summed E-state index contributed by atoms with van der Waals surface area (Å²) < 4.78 is 51.1. The highest BCUT2D eigenvalue weighted by Gasteiger charge is 2.34. The molecule has 0 fully saturated rings. The van der Waals surface area contributed by atoms with E-state index in [2.05, 4.69) is 0 Å². The lowest BCUT2D eigenvalue weighted by Crippen LogP contribution is -2.19. The Bertz CT molecular complexity index is 385. The van der Waals surface area contributed by atoms with Gasteiger partial charge in [-0.05, 0) is 36.1 Å². The molecule has 0 unspecified atom stereocenters.